The molecule has 0 amide bonds. The molecule has 3 rings (SSSR count). The van der Waals surface area contributed by atoms with Crippen LogP contribution < -0.4 is 14.2 Å². The predicted octanol–water partition coefficient (Wildman–Crippen LogP) is 4.56. The van der Waals surface area contributed by atoms with Crippen LogP contribution >= 0.6 is 11.3 Å². The van der Waals surface area contributed by atoms with Gasteiger partial charge < -0.3 is 14.2 Å². The number of nitrogens with one attached hydrogen (secondary N) is 1. The molecule has 0 radical (unpaired) electrons. The van der Waals surface area contributed by atoms with Crippen LogP contribution in [-0.4, -0.2) is 32.0 Å². The molecular formula is C20H20N2O3S. The van der Waals surface area contributed by atoms with Gasteiger partial charge in [0.15, 0.2) is 11.5 Å². The van der Waals surface area contributed by atoms with Crippen molar-refractivity contribution in [1.82, 2.24) is 4.98 Å². The first-order valence-electron chi connectivity index (χ1n) is 8.01. The molecule has 0 aliphatic carbocycles. The molecule has 0 fully saturated rings. The van der Waals surface area contributed by atoms with Crippen LogP contribution in [-0.2, 0) is 0 Å². The second kappa shape index (κ2) is 7.58. The van der Waals surface area contributed by atoms with Gasteiger partial charge in [-0.2, -0.15) is 0 Å². The summed E-state index contributed by atoms with van der Waals surface area (Å²) in [6, 6.07) is 13.5. The summed E-state index contributed by atoms with van der Waals surface area (Å²) in [5.41, 5.74) is 2.93. The lowest BCUT2D eigenvalue weighted by molar-refractivity contribution is 0.324. The third-order valence-corrected chi connectivity index (χ3v) is 5.00. The topological polar surface area (TPSA) is 64.4 Å². The van der Waals surface area contributed by atoms with E-state index in [-0.39, 0.29) is 0 Å². The average molecular weight is 368 g/mol. The van der Waals surface area contributed by atoms with E-state index in [4.69, 9.17) is 24.6 Å². The van der Waals surface area contributed by atoms with Crippen molar-refractivity contribution >= 4 is 17.0 Å². The first-order valence-corrected chi connectivity index (χ1v) is 8.82. The summed E-state index contributed by atoms with van der Waals surface area (Å²) in [5.74, 6) is 1.54. The van der Waals surface area contributed by atoms with Gasteiger partial charge in [-0.25, -0.2) is 4.98 Å². The number of aryl methyl sites for hydroxylation is 1. The van der Waals surface area contributed by atoms with E-state index in [9.17, 15) is 0 Å². The molecule has 0 saturated heterocycles. The Hall–Kier alpha value is -2.86. The molecule has 2 aromatic carbocycles. The number of hydrogen-bond acceptors (Lipinski definition) is 6. The zero-order chi connectivity index (χ0) is 18.7. The van der Waals surface area contributed by atoms with Crippen LogP contribution in [0, 0.1) is 12.3 Å². The van der Waals surface area contributed by atoms with Crippen molar-refractivity contribution in [3.63, 3.8) is 0 Å². The first-order chi connectivity index (χ1) is 12.6. The van der Waals surface area contributed by atoms with Crippen molar-refractivity contribution in [2.75, 3.05) is 21.3 Å². The van der Waals surface area contributed by atoms with Gasteiger partial charge in [0.2, 0.25) is 5.75 Å². The molecule has 1 heterocycles. The van der Waals surface area contributed by atoms with Gasteiger partial charge in [-0.15, -0.1) is 11.3 Å². The molecule has 5 nitrogen and oxygen atoms in total. The number of methoxy groups -OCH3 is 3. The normalized spacial score (nSPS) is 10.5. The van der Waals surface area contributed by atoms with Gasteiger partial charge in [0.25, 0.3) is 0 Å². The molecule has 0 spiro atoms. The maximum atomic E-state index is 8.61. The fourth-order valence-corrected chi connectivity index (χ4v) is 3.62. The summed E-state index contributed by atoms with van der Waals surface area (Å²) in [6.45, 7) is 2.02. The molecular weight excluding hydrogens is 348 g/mol. The molecule has 26 heavy (non-hydrogen) atoms. The van der Waals surface area contributed by atoms with Crippen LogP contribution in [0.15, 0.2) is 42.5 Å². The molecule has 0 aliphatic heterocycles. The lowest BCUT2D eigenvalue weighted by atomic mass is 10.1. The van der Waals surface area contributed by atoms with Crippen molar-refractivity contribution in [2.45, 2.75) is 6.92 Å². The Balaban J connectivity index is 2.03. The van der Waals surface area contributed by atoms with E-state index in [1.807, 2.05) is 37.3 Å². The highest BCUT2D eigenvalue weighted by atomic mass is 32.1. The molecule has 6 heteroatoms. The molecule has 0 aliphatic rings. The fourth-order valence-electron chi connectivity index (χ4n) is 2.72. The van der Waals surface area contributed by atoms with E-state index in [0.717, 1.165) is 16.1 Å². The quantitative estimate of drug-likeness (QED) is 0.648. The van der Waals surface area contributed by atoms with Crippen LogP contribution in [0.4, 0.5) is 0 Å². The number of rotatable bonds is 6. The van der Waals surface area contributed by atoms with Gasteiger partial charge in [0.05, 0.1) is 32.7 Å². The highest BCUT2D eigenvalue weighted by molar-refractivity contribution is 7.14. The van der Waals surface area contributed by atoms with Crippen LogP contribution in [0.2, 0.25) is 0 Å². The van der Waals surface area contributed by atoms with Crippen LogP contribution in [0.5, 0.6) is 17.2 Å². The zero-order valence-corrected chi connectivity index (χ0v) is 15.9. The third kappa shape index (κ3) is 3.28. The van der Waals surface area contributed by atoms with Gasteiger partial charge in [-0.05, 0) is 19.1 Å². The second-order valence-corrected chi connectivity index (χ2v) is 6.78. The molecule has 0 saturated carbocycles. The van der Waals surface area contributed by atoms with Crippen molar-refractivity contribution in [3.05, 3.63) is 57.9 Å². The van der Waals surface area contributed by atoms with Crippen LogP contribution in [0.1, 0.15) is 15.4 Å². The average Bonchev–Trinajstić information content (AvgIpc) is 3.08. The minimum absolute atomic E-state index is 0.319. The number of hydrogen-bond donors (Lipinski definition) is 1. The van der Waals surface area contributed by atoms with Crippen molar-refractivity contribution in [2.24, 2.45) is 0 Å². The fraction of sp³-hybridized carbons (Fsp3) is 0.200. The van der Waals surface area contributed by atoms with E-state index in [2.05, 4.69) is 0 Å². The van der Waals surface area contributed by atoms with Crippen molar-refractivity contribution < 1.29 is 14.2 Å². The SMILES string of the molecule is COc1cc(C(=N)c2nc(-c3ccccc3)c(C)s2)cc(OC)c1OC. The summed E-state index contributed by atoms with van der Waals surface area (Å²) in [5, 5.41) is 9.26. The zero-order valence-electron chi connectivity index (χ0n) is 15.1. The summed E-state index contributed by atoms with van der Waals surface area (Å²) in [6.07, 6.45) is 0. The summed E-state index contributed by atoms with van der Waals surface area (Å²) in [4.78, 5) is 5.76. The van der Waals surface area contributed by atoms with Gasteiger partial charge in [0.1, 0.15) is 5.01 Å². The van der Waals surface area contributed by atoms with Crippen LogP contribution in [0.3, 0.4) is 0 Å². The Bertz CT molecular complexity index is 910. The third-order valence-electron chi connectivity index (χ3n) is 4.01. The number of ether oxygens (including phenoxy) is 3. The summed E-state index contributed by atoms with van der Waals surface area (Å²) in [7, 11) is 4.68. The predicted molar refractivity (Wildman–Crippen MR) is 104 cm³/mol. The van der Waals surface area contributed by atoms with Gasteiger partial charge in [-0.3, -0.25) is 5.41 Å². The Kier molecular flexibility index (Phi) is 5.23. The first kappa shape index (κ1) is 17.9. The minimum Gasteiger partial charge on any atom is -0.493 e. The van der Waals surface area contributed by atoms with E-state index in [1.54, 1.807) is 33.5 Å². The Morgan fingerprint density at radius 2 is 1.58 bits per heavy atom. The molecule has 0 bridgehead atoms. The number of thiazole rings is 1. The van der Waals surface area contributed by atoms with Gasteiger partial charge in [0, 0.05) is 16.0 Å². The minimum atomic E-state index is 0.319. The number of nitrogens with zero attached hydrogens (tertiary/aromatic N) is 1. The highest BCUT2D eigenvalue weighted by Crippen LogP contribution is 2.39. The van der Waals surface area contributed by atoms with E-state index < -0.39 is 0 Å². The Morgan fingerprint density at radius 1 is 0.962 bits per heavy atom. The monoisotopic (exact) mass is 368 g/mol. The molecule has 3 aromatic rings. The molecule has 1 N–H and O–H groups in total. The molecule has 0 unspecified atom stereocenters. The maximum Gasteiger partial charge on any atom is 0.203 e. The largest absolute Gasteiger partial charge is 0.493 e. The van der Waals surface area contributed by atoms with E-state index >= 15 is 0 Å². The summed E-state index contributed by atoms with van der Waals surface area (Å²) < 4.78 is 16.1. The Morgan fingerprint density at radius 3 is 2.12 bits per heavy atom. The second-order valence-electron chi connectivity index (χ2n) is 5.58. The van der Waals surface area contributed by atoms with E-state index in [0.29, 0.717) is 33.5 Å². The van der Waals surface area contributed by atoms with Gasteiger partial charge in [-0.1, -0.05) is 30.3 Å². The van der Waals surface area contributed by atoms with Crippen molar-refractivity contribution in [1.29, 1.82) is 5.41 Å². The smallest absolute Gasteiger partial charge is 0.203 e. The number of benzene rings is 2. The van der Waals surface area contributed by atoms with E-state index in [1.165, 1.54) is 11.3 Å². The molecule has 1 aromatic heterocycles. The van der Waals surface area contributed by atoms with Crippen molar-refractivity contribution in [3.8, 4) is 28.5 Å². The lowest BCUT2D eigenvalue weighted by Gasteiger charge is -2.14. The van der Waals surface area contributed by atoms with Gasteiger partial charge >= 0.3 is 0 Å². The van der Waals surface area contributed by atoms with Crippen LogP contribution in [0.25, 0.3) is 11.3 Å². The molecule has 134 valence electrons. The Labute approximate surface area is 156 Å². The number of aromatic nitrogens is 1. The molecule has 0 atom stereocenters. The lowest BCUT2D eigenvalue weighted by Crippen LogP contribution is -2.04. The standard InChI is InChI=1S/C20H20N2O3S/c1-12-18(13-8-6-5-7-9-13)22-20(26-12)17(21)14-10-15(23-2)19(25-4)16(11-14)24-3/h5-11,21H,1-4H3. The summed E-state index contributed by atoms with van der Waals surface area (Å²) >= 11 is 1.50. The highest BCUT2D eigenvalue weighted by Gasteiger charge is 2.19. The maximum absolute atomic E-state index is 8.61.